The van der Waals surface area contributed by atoms with Crippen LogP contribution in [0.5, 0.6) is 0 Å². The first-order chi connectivity index (χ1) is 11.9. The predicted octanol–water partition coefficient (Wildman–Crippen LogP) is 3.07. The first kappa shape index (κ1) is 18.4. The fraction of sp³-hybridized carbons (Fsp3) is 0.176. The second-order valence-corrected chi connectivity index (χ2v) is 5.65. The molecule has 0 bridgehead atoms. The number of anilines is 1. The summed E-state index contributed by atoms with van der Waals surface area (Å²) in [4.78, 5) is 34.3. The van der Waals surface area contributed by atoms with Crippen LogP contribution >= 0.6 is 11.6 Å². The predicted molar refractivity (Wildman–Crippen MR) is 94.4 cm³/mol. The summed E-state index contributed by atoms with van der Waals surface area (Å²) in [5.41, 5.74) is 1.43. The van der Waals surface area contributed by atoms with Gasteiger partial charge in [0.05, 0.1) is 4.92 Å². The van der Waals surface area contributed by atoms with Crippen LogP contribution in [0.3, 0.4) is 0 Å². The van der Waals surface area contributed by atoms with Gasteiger partial charge < -0.3 is 10.6 Å². The minimum absolute atomic E-state index is 0.0955. The van der Waals surface area contributed by atoms with Gasteiger partial charge in [0.15, 0.2) is 0 Å². The third kappa shape index (κ3) is 5.02. The van der Waals surface area contributed by atoms with E-state index in [1.54, 1.807) is 37.3 Å². The van der Waals surface area contributed by atoms with E-state index in [0.29, 0.717) is 17.0 Å². The molecule has 8 heteroatoms. The van der Waals surface area contributed by atoms with Crippen LogP contribution in [0.1, 0.15) is 18.1 Å². The van der Waals surface area contributed by atoms with E-state index in [0.717, 1.165) is 5.56 Å². The highest BCUT2D eigenvalue weighted by Crippen LogP contribution is 2.23. The van der Waals surface area contributed by atoms with Crippen LogP contribution in [0.2, 0.25) is 5.02 Å². The number of hydrogen-bond acceptors (Lipinski definition) is 4. The Morgan fingerprint density at radius 1 is 1.12 bits per heavy atom. The summed E-state index contributed by atoms with van der Waals surface area (Å²) in [5, 5.41) is 16.4. The van der Waals surface area contributed by atoms with Gasteiger partial charge in [0.1, 0.15) is 0 Å². The Balaban J connectivity index is 1.98. The van der Waals surface area contributed by atoms with Crippen molar-refractivity contribution in [2.75, 3.05) is 5.32 Å². The van der Waals surface area contributed by atoms with Crippen LogP contribution in [0.25, 0.3) is 0 Å². The zero-order valence-corrected chi connectivity index (χ0v) is 14.2. The van der Waals surface area contributed by atoms with Gasteiger partial charge in [-0.2, -0.15) is 0 Å². The van der Waals surface area contributed by atoms with Gasteiger partial charge in [-0.3, -0.25) is 19.7 Å². The molecule has 0 aliphatic rings. The van der Waals surface area contributed by atoms with Crippen LogP contribution in [0.4, 0.5) is 11.4 Å². The second kappa shape index (κ2) is 8.25. The van der Waals surface area contributed by atoms with Gasteiger partial charge in [-0.15, -0.1) is 0 Å². The fourth-order valence-corrected chi connectivity index (χ4v) is 2.29. The standard InChI is InChI=1S/C17H16ClN3O4/c1-2-12-5-8-14(9-15(12)21(24)25)20-17(23)16(22)19-10-11-3-6-13(18)7-4-11/h3-9H,2,10H2,1H3,(H,19,22)(H,20,23). The molecular formula is C17H16ClN3O4. The van der Waals surface area contributed by atoms with Crippen molar-refractivity contribution in [3.63, 3.8) is 0 Å². The number of nitro groups is 1. The summed E-state index contributed by atoms with van der Waals surface area (Å²) in [6.07, 6.45) is 0.492. The Morgan fingerprint density at radius 3 is 2.40 bits per heavy atom. The van der Waals surface area contributed by atoms with Crippen molar-refractivity contribution in [1.29, 1.82) is 0 Å². The molecule has 0 saturated carbocycles. The number of halogens is 1. The minimum Gasteiger partial charge on any atom is -0.344 e. The maximum Gasteiger partial charge on any atom is 0.313 e. The fourth-order valence-electron chi connectivity index (χ4n) is 2.16. The highest BCUT2D eigenvalue weighted by Gasteiger charge is 2.17. The van der Waals surface area contributed by atoms with E-state index in [1.165, 1.54) is 12.1 Å². The Hall–Kier alpha value is -2.93. The quantitative estimate of drug-likeness (QED) is 0.485. The molecule has 25 heavy (non-hydrogen) atoms. The number of benzene rings is 2. The van der Waals surface area contributed by atoms with E-state index in [4.69, 9.17) is 11.6 Å². The minimum atomic E-state index is -0.896. The molecular weight excluding hydrogens is 346 g/mol. The first-order valence-corrected chi connectivity index (χ1v) is 7.89. The Kier molecular flexibility index (Phi) is 6.08. The number of nitrogens with one attached hydrogen (secondary N) is 2. The molecule has 0 fully saturated rings. The molecule has 130 valence electrons. The zero-order valence-electron chi connectivity index (χ0n) is 13.4. The Bertz CT molecular complexity index is 806. The van der Waals surface area contributed by atoms with Crippen molar-refractivity contribution in [1.82, 2.24) is 5.32 Å². The van der Waals surface area contributed by atoms with E-state index < -0.39 is 16.7 Å². The van der Waals surface area contributed by atoms with Crippen LogP contribution in [0, 0.1) is 10.1 Å². The number of rotatable bonds is 5. The summed E-state index contributed by atoms with van der Waals surface area (Å²) >= 11 is 5.77. The SMILES string of the molecule is CCc1ccc(NC(=O)C(=O)NCc2ccc(Cl)cc2)cc1[N+](=O)[O-]. The van der Waals surface area contributed by atoms with Gasteiger partial charge in [-0.1, -0.05) is 36.7 Å². The molecule has 0 radical (unpaired) electrons. The van der Waals surface area contributed by atoms with Crippen molar-refractivity contribution in [3.8, 4) is 0 Å². The number of hydrogen-bond donors (Lipinski definition) is 2. The summed E-state index contributed by atoms with van der Waals surface area (Å²) < 4.78 is 0. The van der Waals surface area contributed by atoms with E-state index in [9.17, 15) is 19.7 Å². The lowest BCUT2D eigenvalue weighted by atomic mass is 10.1. The average Bonchev–Trinajstić information content (AvgIpc) is 2.60. The molecule has 0 aromatic heterocycles. The summed E-state index contributed by atoms with van der Waals surface area (Å²) in [6, 6.07) is 11.1. The van der Waals surface area contributed by atoms with Crippen LogP contribution in [-0.4, -0.2) is 16.7 Å². The van der Waals surface area contributed by atoms with Gasteiger partial charge in [-0.05, 0) is 30.2 Å². The summed E-state index contributed by atoms with van der Waals surface area (Å²) in [5.74, 6) is -1.73. The smallest absolute Gasteiger partial charge is 0.313 e. The monoisotopic (exact) mass is 361 g/mol. The molecule has 2 aromatic carbocycles. The van der Waals surface area contributed by atoms with Gasteiger partial charge in [-0.25, -0.2) is 0 Å². The van der Waals surface area contributed by atoms with Crippen LogP contribution < -0.4 is 10.6 Å². The highest BCUT2D eigenvalue weighted by atomic mass is 35.5. The van der Waals surface area contributed by atoms with Crippen molar-refractivity contribution < 1.29 is 14.5 Å². The normalized spacial score (nSPS) is 10.2. The number of carbonyl (C=O) groups is 2. The molecule has 0 aliphatic heterocycles. The van der Waals surface area contributed by atoms with Gasteiger partial charge in [0, 0.05) is 28.9 Å². The number of nitro benzene ring substituents is 1. The van der Waals surface area contributed by atoms with Crippen LogP contribution in [0.15, 0.2) is 42.5 Å². The van der Waals surface area contributed by atoms with Gasteiger partial charge in [0.2, 0.25) is 0 Å². The topological polar surface area (TPSA) is 101 Å². The third-order valence-corrected chi connectivity index (χ3v) is 3.75. The van der Waals surface area contributed by atoms with E-state index in [2.05, 4.69) is 10.6 Å². The molecule has 0 heterocycles. The number of amides is 2. The summed E-state index contributed by atoms with van der Waals surface area (Å²) in [7, 11) is 0. The van der Waals surface area contributed by atoms with Gasteiger partial charge in [0.25, 0.3) is 5.69 Å². The lowest BCUT2D eigenvalue weighted by molar-refractivity contribution is -0.385. The van der Waals surface area contributed by atoms with E-state index in [-0.39, 0.29) is 17.9 Å². The molecule has 0 saturated heterocycles. The molecule has 2 N–H and O–H groups in total. The van der Waals surface area contributed by atoms with E-state index >= 15 is 0 Å². The Morgan fingerprint density at radius 2 is 1.80 bits per heavy atom. The largest absolute Gasteiger partial charge is 0.344 e. The molecule has 2 aromatic rings. The van der Waals surface area contributed by atoms with Crippen molar-refractivity contribution in [2.45, 2.75) is 19.9 Å². The van der Waals surface area contributed by atoms with Gasteiger partial charge >= 0.3 is 11.8 Å². The molecule has 2 rings (SSSR count). The van der Waals surface area contributed by atoms with Crippen LogP contribution in [-0.2, 0) is 22.6 Å². The first-order valence-electron chi connectivity index (χ1n) is 7.51. The average molecular weight is 362 g/mol. The molecule has 0 atom stereocenters. The van der Waals surface area contributed by atoms with Crippen molar-refractivity contribution in [3.05, 3.63) is 68.7 Å². The lowest BCUT2D eigenvalue weighted by Crippen LogP contribution is -2.34. The number of carbonyl (C=O) groups excluding carboxylic acids is 2. The highest BCUT2D eigenvalue weighted by molar-refractivity contribution is 6.39. The number of aryl methyl sites for hydroxylation is 1. The zero-order chi connectivity index (χ0) is 18.4. The third-order valence-electron chi connectivity index (χ3n) is 3.49. The summed E-state index contributed by atoms with van der Waals surface area (Å²) in [6.45, 7) is 1.96. The maximum absolute atomic E-state index is 11.9. The molecule has 7 nitrogen and oxygen atoms in total. The maximum atomic E-state index is 11.9. The Labute approximate surface area is 149 Å². The molecule has 2 amide bonds. The lowest BCUT2D eigenvalue weighted by Gasteiger charge is -2.08. The second-order valence-electron chi connectivity index (χ2n) is 5.22. The number of nitrogens with zero attached hydrogens (tertiary/aromatic N) is 1. The van der Waals surface area contributed by atoms with Crippen molar-refractivity contribution >= 4 is 34.8 Å². The van der Waals surface area contributed by atoms with Crippen molar-refractivity contribution in [2.24, 2.45) is 0 Å². The molecule has 0 unspecified atom stereocenters. The van der Waals surface area contributed by atoms with E-state index in [1.807, 2.05) is 0 Å². The molecule has 0 aliphatic carbocycles. The molecule has 0 spiro atoms.